The van der Waals surface area contributed by atoms with Crippen molar-refractivity contribution in [3.63, 3.8) is 0 Å². The van der Waals surface area contributed by atoms with Gasteiger partial charge in [-0.05, 0) is 59.0 Å². The van der Waals surface area contributed by atoms with Crippen LogP contribution in [0.4, 0.5) is 13.2 Å². The highest BCUT2D eigenvalue weighted by Gasteiger charge is 2.30. The molecule has 200 valence electrons. The molecule has 0 saturated heterocycles. The van der Waals surface area contributed by atoms with E-state index in [1.807, 2.05) is 12.1 Å². The maximum atomic E-state index is 13.2. The van der Waals surface area contributed by atoms with Crippen molar-refractivity contribution in [1.29, 1.82) is 0 Å². The molecule has 0 aliphatic rings. The summed E-state index contributed by atoms with van der Waals surface area (Å²) in [6.07, 6.45) is -3.66. The molecule has 1 heterocycles. The number of rotatable bonds is 8. The average Bonchev–Trinajstić information content (AvgIpc) is 3.33. The smallest absolute Gasteiger partial charge is 0.416 e. The second kappa shape index (κ2) is 11.7. The predicted molar refractivity (Wildman–Crippen MR) is 143 cm³/mol. The number of carbonyl (C=O) groups is 3. The van der Waals surface area contributed by atoms with Crippen LogP contribution in [0.15, 0.2) is 84.6 Å². The molecule has 0 saturated carbocycles. The Kier molecular flexibility index (Phi) is 8.37. The summed E-state index contributed by atoms with van der Waals surface area (Å²) in [6.45, 7) is 0. The molecule has 6 nitrogen and oxygen atoms in total. The minimum Gasteiger partial charge on any atom is -0.480 e. The molecule has 1 atom stereocenters. The summed E-state index contributed by atoms with van der Waals surface area (Å²) in [5, 5.41) is 15.8. The van der Waals surface area contributed by atoms with Crippen LogP contribution in [0.2, 0.25) is 5.02 Å². The van der Waals surface area contributed by atoms with Gasteiger partial charge in [-0.25, -0.2) is 4.79 Å². The number of carboxylic acids is 1. The number of benzene rings is 3. The maximum absolute atomic E-state index is 13.2. The molecule has 0 spiro atoms. The number of alkyl halides is 3. The number of fused-ring (bicyclic) bond motifs is 1. The third-order valence-electron chi connectivity index (χ3n) is 5.62. The predicted octanol–water partition coefficient (Wildman–Crippen LogP) is 6.16. The number of amides is 2. The molecule has 4 aromatic rings. The topological polar surface area (TPSA) is 95.5 Å². The zero-order valence-electron chi connectivity index (χ0n) is 20.0. The number of halogens is 4. The number of carboxylic acid groups (broad SMARTS) is 1. The Balaban J connectivity index is 1.64. The summed E-state index contributed by atoms with van der Waals surface area (Å²) < 4.78 is 40.6. The van der Waals surface area contributed by atoms with Crippen molar-refractivity contribution in [2.75, 3.05) is 0 Å². The Morgan fingerprint density at radius 2 is 1.69 bits per heavy atom. The van der Waals surface area contributed by atoms with Gasteiger partial charge in [0, 0.05) is 16.1 Å². The molecule has 11 heteroatoms. The first kappa shape index (κ1) is 27.9. The van der Waals surface area contributed by atoms with Crippen LogP contribution in [0.1, 0.15) is 26.4 Å². The van der Waals surface area contributed by atoms with Gasteiger partial charge in [0.1, 0.15) is 11.7 Å². The fourth-order valence-corrected chi connectivity index (χ4v) is 4.78. The fourth-order valence-electron chi connectivity index (χ4n) is 3.70. The number of thiophene rings is 1. The van der Waals surface area contributed by atoms with E-state index in [0.717, 1.165) is 28.3 Å². The molecular weight excluding hydrogens is 553 g/mol. The Bertz CT molecular complexity index is 1530. The molecule has 1 aromatic heterocycles. The van der Waals surface area contributed by atoms with Gasteiger partial charge < -0.3 is 15.7 Å². The number of hydrogen-bond acceptors (Lipinski definition) is 4. The molecule has 0 aliphatic carbocycles. The lowest BCUT2D eigenvalue weighted by Gasteiger charge is -2.17. The lowest BCUT2D eigenvalue weighted by Crippen LogP contribution is -2.45. The number of carbonyl (C=O) groups excluding carboxylic acids is 2. The van der Waals surface area contributed by atoms with Gasteiger partial charge in [0.15, 0.2) is 0 Å². The highest BCUT2D eigenvalue weighted by atomic mass is 35.5. The van der Waals surface area contributed by atoms with Crippen LogP contribution in [0.25, 0.3) is 16.2 Å². The van der Waals surface area contributed by atoms with Crippen LogP contribution in [0.3, 0.4) is 0 Å². The zero-order chi connectivity index (χ0) is 28.2. The first-order chi connectivity index (χ1) is 18.5. The van der Waals surface area contributed by atoms with E-state index in [2.05, 4.69) is 10.6 Å². The fraction of sp³-hybridized carbons (Fsp3) is 0.107. The van der Waals surface area contributed by atoms with Crippen molar-refractivity contribution in [3.8, 4) is 0 Å². The number of hydrogen-bond donors (Lipinski definition) is 3. The van der Waals surface area contributed by atoms with E-state index in [-0.39, 0.29) is 16.9 Å². The van der Waals surface area contributed by atoms with Gasteiger partial charge in [-0.2, -0.15) is 13.2 Å². The minimum atomic E-state index is -4.63. The summed E-state index contributed by atoms with van der Waals surface area (Å²) in [7, 11) is 0. The SMILES string of the molecule is O=C(N[C@@H](Cc1ccc(Cl)cc1)C(=O)O)C(=Cc1cccc(C(F)(F)F)c1)NC(=O)c1cc2ccccc2s1. The monoisotopic (exact) mass is 572 g/mol. The lowest BCUT2D eigenvalue weighted by molar-refractivity contribution is -0.141. The third-order valence-corrected chi connectivity index (χ3v) is 6.99. The third kappa shape index (κ3) is 7.24. The van der Waals surface area contributed by atoms with Crippen LogP contribution >= 0.6 is 22.9 Å². The van der Waals surface area contributed by atoms with Crippen molar-refractivity contribution in [2.45, 2.75) is 18.6 Å². The Hall–Kier alpha value is -4.15. The van der Waals surface area contributed by atoms with Crippen LogP contribution in [-0.4, -0.2) is 28.9 Å². The normalized spacial score (nSPS) is 12.7. The van der Waals surface area contributed by atoms with E-state index >= 15 is 0 Å². The van der Waals surface area contributed by atoms with Crippen molar-refractivity contribution in [3.05, 3.63) is 111 Å². The second-order valence-corrected chi connectivity index (χ2v) is 10.00. The van der Waals surface area contributed by atoms with Gasteiger partial charge in [-0.3, -0.25) is 9.59 Å². The van der Waals surface area contributed by atoms with E-state index in [4.69, 9.17) is 11.6 Å². The van der Waals surface area contributed by atoms with Gasteiger partial charge in [0.2, 0.25) is 0 Å². The molecule has 0 bridgehead atoms. The number of nitrogens with one attached hydrogen (secondary N) is 2. The standard InChI is InChI=1S/C28H20ClF3N2O4S/c29-20-10-8-16(9-11-20)13-22(27(37)38)34-25(35)21(14-17-4-3-6-19(12-17)28(30,31)32)33-26(36)24-15-18-5-1-2-7-23(18)39-24/h1-12,14-15,22H,13H2,(H,33,36)(H,34,35)(H,37,38)/t22-/m0/s1. The van der Waals surface area contributed by atoms with Gasteiger partial charge >= 0.3 is 12.1 Å². The molecule has 4 rings (SSSR count). The zero-order valence-corrected chi connectivity index (χ0v) is 21.5. The van der Waals surface area contributed by atoms with E-state index in [0.29, 0.717) is 10.6 Å². The van der Waals surface area contributed by atoms with Gasteiger partial charge in [-0.15, -0.1) is 11.3 Å². The lowest BCUT2D eigenvalue weighted by atomic mass is 10.1. The van der Waals surface area contributed by atoms with Crippen molar-refractivity contribution < 1.29 is 32.7 Å². The van der Waals surface area contributed by atoms with Crippen molar-refractivity contribution in [1.82, 2.24) is 10.6 Å². The summed E-state index contributed by atoms with van der Waals surface area (Å²) in [4.78, 5) is 38.5. The van der Waals surface area contributed by atoms with E-state index in [9.17, 15) is 32.7 Å². The molecule has 2 amide bonds. The Morgan fingerprint density at radius 3 is 2.36 bits per heavy atom. The van der Waals surface area contributed by atoms with Crippen molar-refractivity contribution >= 4 is 56.9 Å². The first-order valence-corrected chi connectivity index (χ1v) is 12.7. The summed E-state index contributed by atoms with van der Waals surface area (Å²) in [6, 6.07) is 18.0. The van der Waals surface area contributed by atoms with E-state index < -0.39 is 41.3 Å². The largest absolute Gasteiger partial charge is 0.480 e. The van der Waals surface area contributed by atoms with Gasteiger partial charge in [0.05, 0.1) is 10.4 Å². The molecule has 0 radical (unpaired) electrons. The van der Waals surface area contributed by atoms with Crippen LogP contribution in [0.5, 0.6) is 0 Å². The minimum absolute atomic E-state index is 0.0174. The van der Waals surface area contributed by atoms with E-state index in [1.54, 1.807) is 42.5 Å². The summed E-state index contributed by atoms with van der Waals surface area (Å²) in [5.74, 6) is -3.00. The molecule has 39 heavy (non-hydrogen) atoms. The maximum Gasteiger partial charge on any atom is 0.416 e. The van der Waals surface area contributed by atoms with Crippen molar-refractivity contribution in [2.24, 2.45) is 0 Å². The highest BCUT2D eigenvalue weighted by Crippen LogP contribution is 2.30. The van der Waals surface area contributed by atoms with Crippen LogP contribution in [0, 0.1) is 0 Å². The van der Waals surface area contributed by atoms with Crippen LogP contribution < -0.4 is 10.6 Å². The van der Waals surface area contributed by atoms with Crippen LogP contribution in [-0.2, 0) is 22.2 Å². The summed E-state index contributed by atoms with van der Waals surface area (Å²) >= 11 is 7.04. The molecule has 3 aromatic carbocycles. The number of aliphatic carboxylic acids is 1. The first-order valence-electron chi connectivity index (χ1n) is 11.5. The van der Waals surface area contributed by atoms with Gasteiger partial charge in [0.25, 0.3) is 11.8 Å². The summed E-state index contributed by atoms with van der Waals surface area (Å²) in [5.41, 5.74) is -0.807. The quantitative estimate of drug-likeness (QED) is 0.221. The van der Waals surface area contributed by atoms with E-state index in [1.165, 1.54) is 23.5 Å². The molecule has 0 unspecified atom stereocenters. The average molecular weight is 573 g/mol. The van der Waals surface area contributed by atoms with Gasteiger partial charge in [-0.1, -0.05) is 54.1 Å². The Labute approximate surface area is 229 Å². The molecule has 0 aliphatic heterocycles. The molecular formula is C28H20ClF3N2O4S. The molecule has 0 fully saturated rings. The Morgan fingerprint density at radius 1 is 0.974 bits per heavy atom. The highest BCUT2D eigenvalue weighted by molar-refractivity contribution is 7.20. The molecule has 3 N–H and O–H groups in total. The second-order valence-electron chi connectivity index (χ2n) is 8.48.